The topological polar surface area (TPSA) is 78.7 Å². The third kappa shape index (κ3) is 2.89. The summed E-state index contributed by atoms with van der Waals surface area (Å²) in [5, 5.41) is 8.75. The third-order valence-electron chi connectivity index (χ3n) is 3.62. The van der Waals surface area contributed by atoms with E-state index in [1.807, 2.05) is 0 Å². The molecule has 0 unspecified atom stereocenters. The Labute approximate surface area is 105 Å². The zero-order valence-electron chi connectivity index (χ0n) is 10.3. The number of hydrogen-bond acceptors (Lipinski definition) is 3. The lowest BCUT2D eigenvalue weighted by atomic mass is 10.0. The van der Waals surface area contributed by atoms with Gasteiger partial charge in [0.1, 0.15) is 11.6 Å². The summed E-state index contributed by atoms with van der Waals surface area (Å²) in [6.07, 6.45) is 8.63. The maximum Gasteiger partial charge on any atom is 0.328 e. The van der Waals surface area contributed by atoms with Crippen molar-refractivity contribution in [2.24, 2.45) is 5.92 Å². The number of nitrogens with zero attached hydrogens (tertiary/aromatic N) is 2. The molecule has 2 rings (SSSR count). The molecule has 5 nitrogen and oxygen atoms in total. The highest BCUT2D eigenvalue weighted by molar-refractivity contribution is 5.21. The van der Waals surface area contributed by atoms with Crippen LogP contribution in [0.1, 0.15) is 44.1 Å². The Kier molecular flexibility index (Phi) is 3.98. The SMILES string of the molecule is N#Cc1cn(CCCC2CCCC2)c(=O)[nH]c1=O. The van der Waals surface area contributed by atoms with Crippen LogP contribution >= 0.6 is 0 Å². The van der Waals surface area contributed by atoms with Gasteiger partial charge in [-0.25, -0.2) is 4.79 Å². The molecule has 0 aromatic carbocycles. The van der Waals surface area contributed by atoms with Crippen molar-refractivity contribution in [3.63, 3.8) is 0 Å². The number of nitrogens with one attached hydrogen (secondary N) is 1. The van der Waals surface area contributed by atoms with E-state index in [-0.39, 0.29) is 5.56 Å². The number of hydrogen-bond donors (Lipinski definition) is 1. The van der Waals surface area contributed by atoms with Crippen LogP contribution in [0.4, 0.5) is 0 Å². The second kappa shape index (κ2) is 5.67. The second-order valence-corrected chi connectivity index (χ2v) is 4.90. The minimum Gasteiger partial charge on any atom is -0.299 e. The summed E-state index contributed by atoms with van der Waals surface area (Å²) in [6, 6.07) is 1.79. The number of nitriles is 1. The second-order valence-electron chi connectivity index (χ2n) is 4.90. The minimum absolute atomic E-state index is 0.00420. The van der Waals surface area contributed by atoms with Crippen LogP contribution in [0, 0.1) is 17.2 Å². The molecule has 0 amide bonds. The van der Waals surface area contributed by atoms with E-state index in [2.05, 4.69) is 4.98 Å². The van der Waals surface area contributed by atoms with E-state index in [9.17, 15) is 9.59 Å². The van der Waals surface area contributed by atoms with E-state index in [1.54, 1.807) is 6.07 Å². The van der Waals surface area contributed by atoms with E-state index in [0.717, 1.165) is 18.8 Å². The molecular weight excluding hydrogens is 230 g/mol. The molecule has 1 aliphatic carbocycles. The molecule has 0 bridgehead atoms. The van der Waals surface area contributed by atoms with E-state index < -0.39 is 11.2 Å². The average molecular weight is 247 g/mol. The van der Waals surface area contributed by atoms with Crippen LogP contribution in [0.15, 0.2) is 15.8 Å². The van der Waals surface area contributed by atoms with Gasteiger partial charge in [-0.15, -0.1) is 0 Å². The van der Waals surface area contributed by atoms with Crippen LogP contribution in [0.5, 0.6) is 0 Å². The van der Waals surface area contributed by atoms with Crippen molar-refractivity contribution >= 4 is 0 Å². The molecule has 96 valence electrons. The molecule has 1 heterocycles. The van der Waals surface area contributed by atoms with Gasteiger partial charge in [-0.2, -0.15) is 5.26 Å². The smallest absolute Gasteiger partial charge is 0.299 e. The molecule has 0 atom stereocenters. The van der Waals surface area contributed by atoms with Crippen molar-refractivity contribution < 1.29 is 0 Å². The summed E-state index contributed by atoms with van der Waals surface area (Å²) in [7, 11) is 0. The van der Waals surface area contributed by atoms with Crippen molar-refractivity contribution in [2.75, 3.05) is 0 Å². The van der Waals surface area contributed by atoms with Crippen LogP contribution in [0.25, 0.3) is 0 Å². The summed E-state index contributed by atoms with van der Waals surface area (Å²) in [5.74, 6) is 0.791. The van der Waals surface area contributed by atoms with E-state index in [4.69, 9.17) is 5.26 Å². The van der Waals surface area contributed by atoms with Crippen molar-refractivity contribution in [3.05, 3.63) is 32.6 Å². The molecular formula is C13H17N3O2. The van der Waals surface area contributed by atoms with Crippen LogP contribution in [0.3, 0.4) is 0 Å². The number of aromatic nitrogens is 2. The standard InChI is InChI=1S/C13H17N3O2/c14-8-11-9-16(13(18)15-12(11)17)7-3-6-10-4-1-2-5-10/h9-10H,1-7H2,(H,15,17,18). The fourth-order valence-electron chi connectivity index (χ4n) is 2.60. The molecule has 0 aliphatic heterocycles. The van der Waals surface area contributed by atoms with Crippen molar-refractivity contribution in [1.82, 2.24) is 9.55 Å². The number of aromatic amines is 1. The summed E-state index contributed by atoms with van der Waals surface area (Å²) in [4.78, 5) is 24.9. The molecule has 1 fully saturated rings. The maximum absolute atomic E-state index is 11.5. The lowest BCUT2D eigenvalue weighted by molar-refractivity contribution is 0.452. The van der Waals surface area contributed by atoms with Gasteiger partial charge in [0.05, 0.1) is 0 Å². The van der Waals surface area contributed by atoms with Crippen LogP contribution in [0.2, 0.25) is 0 Å². The normalized spacial score (nSPS) is 15.7. The van der Waals surface area contributed by atoms with E-state index in [0.29, 0.717) is 6.54 Å². The average Bonchev–Trinajstić information content (AvgIpc) is 2.85. The van der Waals surface area contributed by atoms with Gasteiger partial charge < -0.3 is 0 Å². The van der Waals surface area contributed by atoms with Crippen molar-refractivity contribution in [3.8, 4) is 6.07 Å². The van der Waals surface area contributed by atoms with Gasteiger partial charge in [-0.3, -0.25) is 14.3 Å². The zero-order valence-corrected chi connectivity index (χ0v) is 10.3. The Morgan fingerprint density at radius 3 is 2.78 bits per heavy atom. The van der Waals surface area contributed by atoms with Gasteiger partial charge in [0, 0.05) is 12.7 Å². The van der Waals surface area contributed by atoms with Crippen LogP contribution in [-0.4, -0.2) is 9.55 Å². The molecule has 1 aromatic heterocycles. The van der Waals surface area contributed by atoms with E-state index >= 15 is 0 Å². The van der Waals surface area contributed by atoms with Crippen LogP contribution in [-0.2, 0) is 6.54 Å². The highest BCUT2D eigenvalue weighted by atomic mass is 16.2. The lowest BCUT2D eigenvalue weighted by Crippen LogP contribution is -2.31. The quantitative estimate of drug-likeness (QED) is 0.873. The van der Waals surface area contributed by atoms with Gasteiger partial charge >= 0.3 is 5.69 Å². The third-order valence-corrected chi connectivity index (χ3v) is 3.62. The lowest BCUT2D eigenvalue weighted by Gasteiger charge is -2.09. The first-order chi connectivity index (χ1) is 8.70. The predicted octanol–water partition coefficient (Wildman–Crippen LogP) is 1.38. The Morgan fingerprint density at radius 1 is 1.39 bits per heavy atom. The first kappa shape index (κ1) is 12.6. The molecule has 0 spiro atoms. The van der Waals surface area contributed by atoms with Crippen molar-refractivity contribution in [1.29, 1.82) is 5.26 Å². The fraction of sp³-hybridized carbons (Fsp3) is 0.615. The number of H-pyrrole nitrogens is 1. The maximum atomic E-state index is 11.5. The van der Waals surface area contributed by atoms with E-state index in [1.165, 1.54) is 36.4 Å². The number of rotatable bonds is 4. The molecule has 1 N–H and O–H groups in total. The highest BCUT2D eigenvalue weighted by Gasteiger charge is 2.14. The summed E-state index contributed by atoms with van der Waals surface area (Å²) in [5.41, 5.74) is -1.03. The Hall–Kier alpha value is -1.83. The summed E-state index contributed by atoms with van der Waals surface area (Å²) in [6.45, 7) is 0.570. The van der Waals surface area contributed by atoms with Gasteiger partial charge in [-0.05, 0) is 18.8 Å². The molecule has 0 radical (unpaired) electrons. The molecule has 18 heavy (non-hydrogen) atoms. The highest BCUT2D eigenvalue weighted by Crippen LogP contribution is 2.28. The Balaban J connectivity index is 1.98. The first-order valence-electron chi connectivity index (χ1n) is 6.44. The van der Waals surface area contributed by atoms with Gasteiger partial charge in [0.25, 0.3) is 5.56 Å². The largest absolute Gasteiger partial charge is 0.328 e. The molecule has 5 heteroatoms. The Bertz CT molecular complexity index is 559. The van der Waals surface area contributed by atoms with Gasteiger partial charge in [-0.1, -0.05) is 25.7 Å². The minimum atomic E-state index is -0.602. The molecule has 1 aliphatic rings. The molecule has 0 saturated heterocycles. The summed E-state index contributed by atoms with van der Waals surface area (Å²) >= 11 is 0. The summed E-state index contributed by atoms with van der Waals surface area (Å²) < 4.78 is 1.43. The predicted molar refractivity (Wildman–Crippen MR) is 67.2 cm³/mol. The first-order valence-corrected chi connectivity index (χ1v) is 6.44. The van der Waals surface area contributed by atoms with Gasteiger partial charge in [0.15, 0.2) is 0 Å². The molecule has 1 aromatic rings. The van der Waals surface area contributed by atoms with Crippen LogP contribution < -0.4 is 11.2 Å². The number of aryl methyl sites for hydroxylation is 1. The van der Waals surface area contributed by atoms with Gasteiger partial charge in [0.2, 0.25) is 0 Å². The Morgan fingerprint density at radius 2 is 2.11 bits per heavy atom. The fourth-order valence-corrected chi connectivity index (χ4v) is 2.60. The van der Waals surface area contributed by atoms with Crippen molar-refractivity contribution in [2.45, 2.75) is 45.1 Å². The molecule has 1 saturated carbocycles. The monoisotopic (exact) mass is 247 g/mol. The zero-order chi connectivity index (χ0) is 13.0.